The first-order valence-corrected chi connectivity index (χ1v) is 13.6. The number of methoxy groups -OCH3 is 1. The van der Waals surface area contributed by atoms with Gasteiger partial charge in [0.2, 0.25) is 11.8 Å². The molecule has 0 aliphatic carbocycles. The van der Waals surface area contributed by atoms with Crippen molar-refractivity contribution in [2.24, 2.45) is 0 Å². The third-order valence-corrected chi connectivity index (χ3v) is 7.21. The maximum absolute atomic E-state index is 12.8. The molecule has 2 amide bonds. The first-order chi connectivity index (χ1) is 19.1. The van der Waals surface area contributed by atoms with Gasteiger partial charge in [0.05, 0.1) is 19.3 Å². The Morgan fingerprint density at radius 2 is 1.64 bits per heavy atom. The topological polar surface area (TPSA) is 101 Å². The van der Waals surface area contributed by atoms with Crippen LogP contribution in [0, 0.1) is 0 Å². The molecule has 1 aromatic heterocycles. The van der Waals surface area contributed by atoms with E-state index >= 15 is 0 Å². The first-order valence-electron chi connectivity index (χ1n) is 12.6. The molecule has 0 spiro atoms. The molecule has 1 aliphatic rings. The summed E-state index contributed by atoms with van der Waals surface area (Å²) in [5.74, 6) is 1.29. The van der Waals surface area contributed by atoms with Gasteiger partial charge in [-0.25, -0.2) is 0 Å². The molecule has 9 nitrogen and oxygen atoms in total. The van der Waals surface area contributed by atoms with Crippen molar-refractivity contribution in [2.75, 3.05) is 49.3 Å². The van der Waals surface area contributed by atoms with E-state index in [0.717, 1.165) is 30.1 Å². The molecule has 0 atom stereocenters. The molecule has 0 bridgehead atoms. The molecule has 4 aromatic rings. The van der Waals surface area contributed by atoms with Gasteiger partial charge in [-0.05, 0) is 54.1 Å². The molecule has 3 aromatic carbocycles. The Morgan fingerprint density at radius 3 is 2.33 bits per heavy atom. The molecule has 200 valence electrons. The van der Waals surface area contributed by atoms with Gasteiger partial charge < -0.3 is 24.3 Å². The highest BCUT2D eigenvalue weighted by Gasteiger charge is 2.22. The number of piperazine rings is 1. The van der Waals surface area contributed by atoms with E-state index in [1.807, 2.05) is 59.5 Å². The van der Waals surface area contributed by atoms with Gasteiger partial charge in [0, 0.05) is 43.1 Å². The predicted octanol–water partition coefficient (Wildman–Crippen LogP) is 4.36. The van der Waals surface area contributed by atoms with Gasteiger partial charge in [-0.1, -0.05) is 42.1 Å². The highest BCUT2D eigenvalue weighted by Crippen LogP contribution is 2.22. The number of anilines is 2. The van der Waals surface area contributed by atoms with Crippen molar-refractivity contribution in [2.45, 2.75) is 11.6 Å². The van der Waals surface area contributed by atoms with Crippen LogP contribution in [-0.4, -0.2) is 66.0 Å². The van der Waals surface area contributed by atoms with Crippen molar-refractivity contribution in [3.8, 4) is 5.75 Å². The molecule has 0 saturated carbocycles. The monoisotopic (exact) mass is 543 g/mol. The Labute approximate surface area is 231 Å². The molecular formula is C29H29N5O4S. The van der Waals surface area contributed by atoms with E-state index in [1.165, 1.54) is 11.8 Å². The summed E-state index contributed by atoms with van der Waals surface area (Å²) in [6.45, 7) is 2.76. The van der Waals surface area contributed by atoms with Gasteiger partial charge in [-0.2, -0.15) is 0 Å². The summed E-state index contributed by atoms with van der Waals surface area (Å²) in [7, 11) is 1.61. The van der Waals surface area contributed by atoms with E-state index in [9.17, 15) is 9.59 Å². The SMILES string of the molecule is COc1ccc(C(=O)N2CCN(c3ccc(NC(=O)CSc4nnc(Cc5ccccc5)o4)cc3)CC2)cc1. The lowest BCUT2D eigenvalue weighted by Crippen LogP contribution is -2.48. The third-order valence-electron chi connectivity index (χ3n) is 6.39. The van der Waals surface area contributed by atoms with Gasteiger partial charge in [-0.15, -0.1) is 10.2 Å². The highest BCUT2D eigenvalue weighted by atomic mass is 32.2. The minimum Gasteiger partial charge on any atom is -0.497 e. The van der Waals surface area contributed by atoms with Crippen LogP contribution in [0.4, 0.5) is 11.4 Å². The zero-order valence-corrected chi connectivity index (χ0v) is 22.4. The zero-order valence-electron chi connectivity index (χ0n) is 21.6. The van der Waals surface area contributed by atoms with E-state index in [1.54, 1.807) is 31.4 Å². The van der Waals surface area contributed by atoms with Crippen LogP contribution in [0.3, 0.4) is 0 Å². The number of benzene rings is 3. The quantitative estimate of drug-likeness (QED) is 0.311. The normalized spacial score (nSPS) is 13.3. The lowest BCUT2D eigenvalue weighted by Gasteiger charge is -2.36. The average molecular weight is 544 g/mol. The van der Waals surface area contributed by atoms with Crippen LogP contribution < -0.4 is 15.0 Å². The predicted molar refractivity (Wildman–Crippen MR) is 150 cm³/mol. The van der Waals surface area contributed by atoms with Crippen molar-refractivity contribution in [3.05, 3.63) is 95.9 Å². The van der Waals surface area contributed by atoms with E-state index in [0.29, 0.717) is 41.9 Å². The molecule has 5 rings (SSSR count). The number of amides is 2. The van der Waals surface area contributed by atoms with Crippen LogP contribution in [0.2, 0.25) is 0 Å². The second-order valence-corrected chi connectivity index (χ2v) is 9.94. The van der Waals surface area contributed by atoms with Crippen molar-refractivity contribution >= 4 is 35.0 Å². The van der Waals surface area contributed by atoms with E-state index in [4.69, 9.17) is 9.15 Å². The number of hydrogen-bond acceptors (Lipinski definition) is 8. The number of rotatable bonds is 9. The zero-order chi connectivity index (χ0) is 27.0. The largest absolute Gasteiger partial charge is 0.497 e. The van der Waals surface area contributed by atoms with Crippen LogP contribution >= 0.6 is 11.8 Å². The van der Waals surface area contributed by atoms with Crippen LogP contribution in [0.25, 0.3) is 0 Å². The molecular weight excluding hydrogens is 514 g/mol. The maximum Gasteiger partial charge on any atom is 0.277 e. The molecule has 0 radical (unpaired) electrons. The van der Waals surface area contributed by atoms with Crippen LogP contribution in [0.15, 0.2) is 88.5 Å². The molecule has 1 N–H and O–H groups in total. The Kier molecular flexibility index (Phi) is 8.42. The number of ether oxygens (including phenoxy) is 1. The van der Waals surface area contributed by atoms with Crippen molar-refractivity contribution < 1.29 is 18.7 Å². The fourth-order valence-electron chi connectivity index (χ4n) is 4.30. The Bertz CT molecular complexity index is 1390. The van der Waals surface area contributed by atoms with Gasteiger partial charge in [-0.3, -0.25) is 9.59 Å². The molecule has 1 fully saturated rings. The third kappa shape index (κ3) is 6.97. The van der Waals surface area contributed by atoms with Crippen molar-refractivity contribution in [1.82, 2.24) is 15.1 Å². The number of thioether (sulfide) groups is 1. The standard InChI is InChI=1S/C29H29N5O4S/c1-37-25-13-7-22(8-14-25)28(36)34-17-15-33(16-18-34)24-11-9-23(10-12-24)30-26(35)20-39-29-32-31-27(38-29)19-21-5-3-2-4-6-21/h2-14H,15-20H2,1H3,(H,30,35). The lowest BCUT2D eigenvalue weighted by atomic mass is 10.1. The average Bonchev–Trinajstić information content (AvgIpc) is 3.44. The van der Waals surface area contributed by atoms with Gasteiger partial charge in [0.15, 0.2) is 0 Å². The molecule has 1 saturated heterocycles. The fraction of sp³-hybridized carbons (Fsp3) is 0.241. The Hall–Kier alpha value is -4.31. The molecule has 39 heavy (non-hydrogen) atoms. The molecule has 10 heteroatoms. The van der Waals surface area contributed by atoms with E-state index in [-0.39, 0.29) is 17.6 Å². The number of aromatic nitrogens is 2. The smallest absolute Gasteiger partial charge is 0.277 e. The van der Waals surface area contributed by atoms with Crippen LogP contribution in [-0.2, 0) is 11.2 Å². The number of carbonyl (C=O) groups excluding carboxylic acids is 2. The Balaban J connectivity index is 1.06. The van der Waals surface area contributed by atoms with Crippen LogP contribution in [0.1, 0.15) is 21.8 Å². The van der Waals surface area contributed by atoms with E-state index < -0.39 is 0 Å². The second-order valence-electron chi connectivity index (χ2n) is 9.02. The molecule has 0 unspecified atom stereocenters. The minimum atomic E-state index is -0.152. The van der Waals surface area contributed by atoms with E-state index in [2.05, 4.69) is 20.4 Å². The number of nitrogens with one attached hydrogen (secondary N) is 1. The summed E-state index contributed by atoms with van der Waals surface area (Å²) in [5.41, 5.74) is 3.51. The van der Waals surface area contributed by atoms with Crippen LogP contribution in [0.5, 0.6) is 5.75 Å². The van der Waals surface area contributed by atoms with Gasteiger partial charge in [0.1, 0.15) is 5.75 Å². The van der Waals surface area contributed by atoms with Gasteiger partial charge >= 0.3 is 0 Å². The summed E-state index contributed by atoms with van der Waals surface area (Å²) < 4.78 is 10.8. The lowest BCUT2D eigenvalue weighted by molar-refractivity contribution is -0.113. The number of hydrogen-bond donors (Lipinski definition) is 1. The number of carbonyl (C=O) groups is 2. The molecule has 2 heterocycles. The maximum atomic E-state index is 12.8. The fourth-order valence-corrected chi connectivity index (χ4v) is 4.88. The number of nitrogens with zero attached hydrogens (tertiary/aromatic N) is 4. The summed E-state index contributed by atoms with van der Waals surface area (Å²) in [6, 6.07) is 24.8. The summed E-state index contributed by atoms with van der Waals surface area (Å²) in [6.07, 6.45) is 0.557. The Morgan fingerprint density at radius 1 is 0.923 bits per heavy atom. The van der Waals surface area contributed by atoms with Crippen molar-refractivity contribution in [1.29, 1.82) is 0 Å². The summed E-state index contributed by atoms with van der Waals surface area (Å²) in [5, 5.41) is 11.4. The first kappa shape index (κ1) is 26.3. The highest BCUT2D eigenvalue weighted by molar-refractivity contribution is 7.99. The minimum absolute atomic E-state index is 0.0289. The second kappa shape index (κ2) is 12.5. The van der Waals surface area contributed by atoms with Crippen molar-refractivity contribution in [3.63, 3.8) is 0 Å². The summed E-state index contributed by atoms with van der Waals surface area (Å²) in [4.78, 5) is 29.4. The molecule has 1 aliphatic heterocycles. The van der Waals surface area contributed by atoms with Gasteiger partial charge in [0.25, 0.3) is 11.1 Å². The summed E-state index contributed by atoms with van der Waals surface area (Å²) >= 11 is 1.21.